The summed E-state index contributed by atoms with van der Waals surface area (Å²) in [6.07, 6.45) is 0. The van der Waals surface area contributed by atoms with Gasteiger partial charge in [0.15, 0.2) is 0 Å². The lowest BCUT2D eigenvalue weighted by atomic mass is 9.94. The molecule has 0 saturated carbocycles. The fraction of sp³-hybridized carbons (Fsp3) is 0. The van der Waals surface area contributed by atoms with E-state index in [1.807, 2.05) is 36.4 Å². The maximum absolute atomic E-state index is 11.5. The Morgan fingerprint density at radius 2 is 1.35 bits per heavy atom. The molecule has 1 aromatic heterocycles. The lowest BCUT2D eigenvalue weighted by Gasteiger charge is -2.09. The van der Waals surface area contributed by atoms with Crippen LogP contribution in [0.5, 0.6) is 0 Å². The third kappa shape index (κ3) is 2.13. The minimum absolute atomic E-state index is 0.137. The fourth-order valence-corrected chi connectivity index (χ4v) is 4.83. The number of benzene rings is 4. The Morgan fingerprint density at radius 3 is 2.15 bits per heavy atom. The number of nitro groups is 1. The first-order valence-electron chi connectivity index (χ1n) is 8.31. The Labute approximate surface area is 153 Å². The maximum atomic E-state index is 11.5. The monoisotopic (exact) mass is 355 g/mol. The van der Waals surface area contributed by atoms with Gasteiger partial charge in [0.2, 0.25) is 0 Å². The molecule has 4 aromatic carbocycles. The molecule has 0 radical (unpaired) electrons. The zero-order valence-electron chi connectivity index (χ0n) is 13.7. The first kappa shape index (κ1) is 15.0. The highest BCUT2D eigenvalue weighted by atomic mass is 32.1. The van der Waals surface area contributed by atoms with Crippen molar-refractivity contribution in [1.82, 2.24) is 0 Å². The predicted octanol–water partition coefficient (Wildman–Crippen LogP) is 6.78. The topological polar surface area (TPSA) is 43.1 Å². The quantitative estimate of drug-likeness (QED) is 0.259. The van der Waals surface area contributed by atoms with Gasteiger partial charge in [-0.2, -0.15) is 0 Å². The number of nitro benzene ring substituents is 1. The molecule has 5 rings (SSSR count). The first-order chi connectivity index (χ1) is 12.7. The summed E-state index contributed by atoms with van der Waals surface area (Å²) in [6.45, 7) is 0. The summed E-state index contributed by atoms with van der Waals surface area (Å²) in [7, 11) is 0. The standard InChI is InChI=1S/C22H13NO2S/c24-23(25)19-11-5-3-8-15(19)18-13-21-22(16-9-2-1-7-14(16)18)17-10-4-6-12-20(17)26-21/h1-13H. The van der Waals surface area contributed by atoms with Crippen molar-refractivity contribution in [3.63, 3.8) is 0 Å². The number of fused-ring (bicyclic) bond motifs is 5. The largest absolute Gasteiger partial charge is 0.277 e. The Morgan fingerprint density at radius 1 is 0.692 bits per heavy atom. The molecule has 0 N–H and O–H groups in total. The Bertz CT molecular complexity index is 1320. The van der Waals surface area contributed by atoms with Crippen LogP contribution in [0.4, 0.5) is 5.69 Å². The number of rotatable bonds is 2. The molecule has 0 saturated heterocycles. The van der Waals surface area contributed by atoms with E-state index >= 15 is 0 Å². The van der Waals surface area contributed by atoms with E-state index in [2.05, 4.69) is 30.3 Å². The highest BCUT2D eigenvalue weighted by molar-refractivity contribution is 7.26. The minimum Gasteiger partial charge on any atom is -0.258 e. The average molecular weight is 355 g/mol. The third-order valence-electron chi connectivity index (χ3n) is 4.78. The van der Waals surface area contributed by atoms with Crippen molar-refractivity contribution in [3.05, 3.63) is 89.0 Å². The molecule has 0 spiro atoms. The van der Waals surface area contributed by atoms with Gasteiger partial charge in [-0.3, -0.25) is 10.1 Å². The second kappa shape index (κ2) is 5.64. The average Bonchev–Trinajstić information content (AvgIpc) is 3.06. The van der Waals surface area contributed by atoms with E-state index < -0.39 is 0 Å². The summed E-state index contributed by atoms with van der Waals surface area (Å²) in [6, 6.07) is 25.6. The van der Waals surface area contributed by atoms with Gasteiger partial charge in [0.05, 0.1) is 10.5 Å². The summed E-state index contributed by atoms with van der Waals surface area (Å²) in [4.78, 5) is 11.2. The first-order valence-corrected chi connectivity index (χ1v) is 9.12. The molecule has 3 nitrogen and oxygen atoms in total. The van der Waals surface area contributed by atoms with Crippen molar-refractivity contribution in [1.29, 1.82) is 0 Å². The molecule has 5 aromatic rings. The van der Waals surface area contributed by atoms with Gasteiger partial charge in [-0.15, -0.1) is 11.3 Å². The molecule has 0 aliphatic rings. The van der Waals surface area contributed by atoms with Gasteiger partial charge in [-0.25, -0.2) is 0 Å². The molecule has 4 heteroatoms. The van der Waals surface area contributed by atoms with E-state index in [9.17, 15) is 10.1 Å². The highest BCUT2D eigenvalue weighted by Crippen LogP contribution is 2.44. The van der Waals surface area contributed by atoms with E-state index in [-0.39, 0.29) is 10.6 Å². The van der Waals surface area contributed by atoms with Crippen LogP contribution < -0.4 is 0 Å². The molecule has 26 heavy (non-hydrogen) atoms. The number of nitrogens with zero attached hydrogens (tertiary/aromatic N) is 1. The molecule has 0 aliphatic carbocycles. The molecule has 0 unspecified atom stereocenters. The van der Waals surface area contributed by atoms with E-state index in [4.69, 9.17) is 0 Å². The van der Waals surface area contributed by atoms with E-state index in [0.717, 1.165) is 21.0 Å². The summed E-state index contributed by atoms with van der Waals surface area (Å²) in [5.41, 5.74) is 1.71. The Kier molecular flexibility index (Phi) is 3.27. The number of thiophene rings is 1. The highest BCUT2D eigenvalue weighted by Gasteiger charge is 2.19. The van der Waals surface area contributed by atoms with Crippen LogP contribution in [-0.2, 0) is 0 Å². The number of hydrogen-bond donors (Lipinski definition) is 0. The zero-order chi connectivity index (χ0) is 17.7. The lowest BCUT2D eigenvalue weighted by molar-refractivity contribution is -0.384. The predicted molar refractivity (Wildman–Crippen MR) is 109 cm³/mol. The van der Waals surface area contributed by atoms with Crippen LogP contribution in [0, 0.1) is 10.1 Å². The molecule has 1 heterocycles. The van der Waals surface area contributed by atoms with Gasteiger partial charge < -0.3 is 0 Å². The van der Waals surface area contributed by atoms with Gasteiger partial charge in [-0.1, -0.05) is 54.6 Å². The van der Waals surface area contributed by atoms with Crippen LogP contribution in [0.1, 0.15) is 0 Å². The van der Waals surface area contributed by atoms with Crippen LogP contribution in [0.25, 0.3) is 42.1 Å². The van der Waals surface area contributed by atoms with E-state index in [0.29, 0.717) is 5.56 Å². The summed E-state index contributed by atoms with van der Waals surface area (Å²) >= 11 is 1.73. The SMILES string of the molecule is O=[N+]([O-])c1ccccc1-c1cc2sc3ccccc3c2c2ccccc12. The molecule has 0 fully saturated rings. The fourth-order valence-electron chi connectivity index (χ4n) is 3.67. The van der Waals surface area contributed by atoms with Gasteiger partial charge in [0, 0.05) is 26.2 Å². The van der Waals surface area contributed by atoms with Crippen molar-refractivity contribution in [3.8, 4) is 11.1 Å². The summed E-state index contributed by atoms with van der Waals surface area (Å²) in [5.74, 6) is 0. The van der Waals surface area contributed by atoms with Crippen LogP contribution in [0.2, 0.25) is 0 Å². The second-order valence-corrected chi connectivity index (χ2v) is 7.30. The number of para-hydroxylation sites is 1. The maximum Gasteiger partial charge on any atom is 0.277 e. The summed E-state index contributed by atoms with van der Waals surface area (Å²) in [5, 5.41) is 16.2. The van der Waals surface area contributed by atoms with Crippen LogP contribution in [0.15, 0.2) is 78.9 Å². The third-order valence-corrected chi connectivity index (χ3v) is 5.89. The van der Waals surface area contributed by atoms with Crippen LogP contribution >= 0.6 is 11.3 Å². The Balaban J connectivity index is 1.98. The van der Waals surface area contributed by atoms with Gasteiger partial charge in [-0.05, 0) is 34.5 Å². The smallest absolute Gasteiger partial charge is 0.258 e. The number of hydrogen-bond acceptors (Lipinski definition) is 3. The minimum atomic E-state index is -0.306. The van der Waals surface area contributed by atoms with Crippen molar-refractivity contribution in [2.45, 2.75) is 0 Å². The van der Waals surface area contributed by atoms with Crippen molar-refractivity contribution < 1.29 is 4.92 Å². The second-order valence-electron chi connectivity index (χ2n) is 6.22. The van der Waals surface area contributed by atoms with Crippen molar-refractivity contribution in [2.75, 3.05) is 0 Å². The van der Waals surface area contributed by atoms with Crippen LogP contribution in [0.3, 0.4) is 0 Å². The van der Waals surface area contributed by atoms with E-state index in [1.165, 1.54) is 15.5 Å². The van der Waals surface area contributed by atoms with Gasteiger partial charge in [0.1, 0.15) is 0 Å². The molecular weight excluding hydrogens is 342 g/mol. The molecular formula is C22H13NO2S. The molecule has 124 valence electrons. The molecule has 0 aliphatic heterocycles. The zero-order valence-corrected chi connectivity index (χ0v) is 14.5. The van der Waals surface area contributed by atoms with Gasteiger partial charge in [0.25, 0.3) is 5.69 Å². The molecule has 0 bridgehead atoms. The normalized spacial score (nSPS) is 11.4. The van der Waals surface area contributed by atoms with E-state index in [1.54, 1.807) is 23.5 Å². The van der Waals surface area contributed by atoms with Crippen molar-refractivity contribution >= 4 is 48.0 Å². The molecule has 0 atom stereocenters. The van der Waals surface area contributed by atoms with Gasteiger partial charge >= 0.3 is 0 Å². The molecule has 0 amide bonds. The van der Waals surface area contributed by atoms with Crippen LogP contribution in [-0.4, -0.2) is 4.92 Å². The lowest BCUT2D eigenvalue weighted by Crippen LogP contribution is -1.92. The summed E-state index contributed by atoms with van der Waals surface area (Å²) < 4.78 is 2.38. The Hall–Kier alpha value is -3.24. The van der Waals surface area contributed by atoms with Crippen molar-refractivity contribution in [2.24, 2.45) is 0 Å².